The first-order chi connectivity index (χ1) is 10.6. The Morgan fingerprint density at radius 1 is 1.32 bits per heavy atom. The van der Waals surface area contributed by atoms with Crippen LogP contribution in [0.2, 0.25) is 0 Å². The molecular weight excluding hydrogens is 284 g/mol. The normalized spacial score (nSPS) is 22.2. The number of hydrogen-bond acceptors (Lipinski definition) is 5. The van der Waals surface area contributed by atoms with Crippen molar-refractivity contribution in [3.05, 3.63) is 23.7 Å². The molecule has 6 heteroatoms. The summed E-state index contributed by atoms with van der Waals surface area (Å²) in [5.74, 6) is 1.43. The smallest absolute Gasteiger partial charge is 0.236 e. The second kappa shape index (κ2) is 6.40. The van der Waals surface area contributed by atoms with Gasteiger partial charge in [-0.1, -0.05) is 0 Å². The van der Waals surface area contributed by atoms with E-state index >= 15 is 0 Å². The number of nitrogens with one attached hydrogen (secondary N) is 1. The van der Waals surface area contributed by atoms with E-state index in [4.69, 9.17) is 13.9 Å². The second-order valence-electron chi connectivity index (χ2n) is 6.04. The molecule has 0 saturated carbocycles. The quantitative estimate of drug-likeness (QED) is 0.915. The Morgan fingerprint density at radius 2 is 2.00 bits per heavy atom. The summed E-state index contributed by atoms with van der Waals surface area (Å²) in [4.78, 5) is 14.2. The van der Waals surface area contributed by atoms with Gasteiger partial charge in [0.05, 0.1) is 25.8 Å². The Hall–Kier alpha value is -1.37. The molecule has 3 rings (SSSR count). The predicted molar refractivity (Wildman–Crippen MR) is 80.3 cm³/mol. The van der Waals surface area contributed by atoms with Crippen LogP contribution in [0.5, 0.6) is 0 Å². The van der Waals surface area contributed by atoms with E-state index in [1.54, 1.807) is 0 Å². The average Bonchev–Trinajstić information content (AvgIpc) is 3.15. The number of amides is 1. The number of rotatable bonds is 4. The summed E-state index contributed by atoms with van der Waals surface area (Å²) in [5.41, 5.74) is 0. The summed E-state index contributed by atoms with van der Waals surface area (Å²) in [7, 11) is 0. The van der Waals surface area contributed by atoms with Crippen LogP contribution in [0.3, 0.4) is 0 Å². The highest BCUT2D eigenvalue weighted by Crippen LogP contribution is 2.31. The summed E-state index contributed by atoms with van der Waals surface area (Å²) >= 11 is 0. The van der Waals surface area contributed by atoms with Crippen molar-refractivity contribution in [1.29, 1.82) is 0 Å². The van der Waals surface area contributed by atoms with Gasteiger partial charge in [0.2, 0.25) is 5.91 Å². The molecule has 0 bridgehead atoms. The van der Waals surface area contributed by atoms with Gasteiger partial charge in [0.15, 0.2) is 5.79 Å². The van der Waals surface area contributed by atoms with Gasteiger partial charge < -0.3 is 18.8 Å². The number of hydrogen-bond donors (Lipinski definition) is 1. The minimum atomic E-state index is -0.427. The molecule has 1 atom stereocenters. The first-order valence-corrected chi connectivity index (χ1v) is 7.93. The van der Waals surface area contributed by atoms with Crippen molar-refractivity contribution in [2.75, 3.05) is 32.8 Å². The molecule has 0 radical (unpaired) electrons. The SMILES string of the molecule is Cc1ccc(C(C)NCC(=O)N2CCC3(CC2)OCCO3)o1. The van der Waals surface area contributed by atoms with Gasteiger partial charge in [0.1, 0.15) is 11.5 Å². The minimum Gasteiger partial charge on any atom is -0.465 e. The number of ether oxygens (including phenoxy) is 2. The standard InChI is InChI=1S/C16H24N2O4/c1-12-3-4-14(22-12)13(2)17-11-15(19)18-7-5-16(6-8-18)20-9-10-21-16/h3-4,13,17H,5-11H2,1-2H3. The summed E-state index contributed by atoms with van der Waals surface area (Å²) in [6.07, 6.45) is 1.51. The van der Waals surface area contributed by atoms with Gasteiger partial charge in [0, 0.05) is 25.9 Å². The van der Waals surface area contributed by atoms with Gasteiger partial charge >= 0.3 is 0 Å². The van der Waals surface area contributed by atoms with E-state index in [9.17, 15) is 4.79 Å². The van der Waals surface area contributed by atoms with Gasteiger partial charge in [0.25, 0.3) is 0 Å². The van der Waals surface area contributed by atoms with Crippen LogP contribution in [-0.2, 0) is 14.3 Å². The van der Waals surface area contributed by atoms with E-state index in [0.29, 0.717) is 32.8 Å². The molecular formula is C16H24N2O4. The fraction of sp³-hybridized carbons (Fsp3) is 0.688. The van der Waals surface area contributed by atoms with Crippen LogP contribution in [0, 0.1) is 6.92 Å². The fourth-order valence-corrected chi connectivity index (χ4v) is 3.02. The second-order valence-corrected chi connectivity index (χ2v) is 6.04. The van der Waals surface area contributed by atoms with Crippen molar-refractivity contribution in [1.82, 2.24) is 10.2 Å². The van der Waals surface area contributed by atoms with Gasteiger partial charge in [-0.05, 0) is 26.0 Å². The largest absolute Gasteiger partial charge is 0.465 e. The van der Waals surface area contributed by atoms with Crippen molar-refractivity contribution in [2.45, 2.75) is 38.5 Å². The first-order valence-electron chi connectivity index (χ1n) is 7.93. The predicted octanol–water partition coefficient (Wildman–Crippen LogP) is 1.60. The molecule has 2 aliphatic rings. The zero-order valence-electron chi connectivity index (χ0n) is 13.3. The number of furan rings is 1. The molecule has 1 unspecified atom stereocenters. The molecule has 1 aromatic rings. The highest BCUT2D eigenvalue weighted by molar-refractivity contribution is 5.78. The van der Waals surface area contributed by atoms with Crippen LogP contribution in [0.15, 0.2) is 16.5 Å². The molecule has 122 valence electrons. The number of aryl methyl sites for hydroxylation is 1. The maximum atomic E-state index is 12.3. The van der Waals surface area contributed by atoms with Crippen LogP contribution in [0.1, 0.15) is 37.3 Å². The van der Waals surface area contributed by atoms with Crippen LogP contribution < -0.4 is 5.32 Å². The summed E-state index contributed by atoms with van der Waals surface area (Å²) < 4.78 is 16.9. The van der Waals surface area contributed by atoms with Crippen molar-refractivity contribution in [3.63, 3.8) is 0 Å². The van der Waals surface area contributed by atoms with Gasteiger partial charge in [-0.25, -0.2) is 0 Å². The highest BCUT2D eigenvalue weighted by Gasteiger charge is 2.40. The molecule has 22 heavy (non-hydrogen) atoms. The lowest BCUT2D eigenvalue weighted by Crippen LogP contribution is -2.49. The number of piperidine rings is 1. The van der Waals surface area contributed by atoms with Crippen LogP contribution in [0.25, 0.3) is 0 Å². The molecule has 0 aromatic carbocycles. The number of carbonyl (C=O) groups is 1. The van der Waals surface area contributed by atoms with E-state index in [-0.39, 0.29) is 11.9 Å². The molecule has 1 N–H and O–H groups in total. The van der Waals surface area contributed by atoms with Crippen LogP contribution >= 0.6 is 0 Å². The Kier molecular flexibility index (Phi) is 4.52. The summed E-state index contributed by atoms with van der Waals surface area (Å²) in [6, 6.07) is 3.90. The Balaban J connectivity index is 1.44. The Bertz CT molecular complexity index is 512. The zero-order chi connectivity index (χ0) is 15.6. The topological polar surface area (TPSA) is 63.9 Å². The number of nitrogens with zero attached hydrogens (tertiary/aromatic N) is 1. The Morgan fingerprint density at radius 3 is 2.59 bits per heavy atom. The summed E-state index contributed by atoms with van der Waals surface area (Å²) in [6.45, 7) is 6.93. The van der Waals surface area contributed by atoms with Crippen molar-refractivity contribution < 1.29 is 18.7 Å². The molecule has 2 aliphatic heterocycles. The third kappa shape index (κ3) is 3.34. The van der Waals surface area contributed by atoms with Gasteiger partial charge in [-0.3, -0.25) is 10.1 Å². The lowest BCUT2D eigenvalue weighted by molar-refractivity contribution is -0.187. The third-order valence-corrected chi connectivity index (χ3v) is 4.44. The zero-order valence-corrected chi connectivity index (χ0v) is 13.3. The monoisotopic (exact) mass is 308 g/mol. The highest BCUT2D eigenvalue weighted by atomic mass is 16.7. The molecule has 0 aliphatic carbocycles. The van der Waals surface area contributed by atoms with E-state index < -0.39 is 5.79 Å². The maximum absolute atomic E-state index is 12.3. The molecule has 2 fully saturated rings. The molecule has 6 nitrogen and oxygen atoms in total. The first kappa shape index (κ1) is 15.5. The maximum Gasteiger partial charge on any atom is 0.236 e. The number of carbonyl (C=O) groups excluding carboxylic acids is 1. The van der Waals surface area contributed by atoms with E-state index in [1.807, 2.05) is 30.9 Å². The summed E-state index contributed by atoms with van der Waals surface area (Å²) in [5, 5.41) is 3.22. The van der Waals surface area contributed by atoms with Crippen molar-refractivity contribution >= 4 is 5.91 Å². The van der Waals surface area contributed by atoms with Gasteiger partial charge in [-0.2, -0.15) is 0 Å². The third-order valence-electron chi connectivity index (χ3n) is 4.44. The van der Waals surface area contributed by atoms with Crippen LogP contribution in [0.4, 0.5) is 0 Å². The fourth-order valence-electron chi connectivity index (χ4n) is 3.02. The van der Waals surface area contributed by atoms with E-state index in [2.05, 4.69) is 5.32 Å². The molecule has 1 aromatic heterocycles. The molecule has 1 amide bonds. The molecule has 2 saturated heterocycles. The molecule has 1 spiro atoms. The van der Waals surface area contributed by atoms with Gasteiger partial charge in [-0.15, -0.1) is 0 Å². The Labute approximate surface area is 130 Å². The lowest BCUT2D eigenvalue weighted by Gasteiger charge is -2.37. The van der Waals surface area contributed by atoms with E-state index in [0.717, 1.165) is 24.4 Å². The lowest BCUT2D eigenvalue weighted by atomic mass is 10.0. The van der Waals surface area contributed by atoms with Crippen molar-refractivity contribution in [3.8, 4) is 0 Å². The molecule has 3 heterocycles. The van der Waals surface area contributed by atoms with Crippen molar-refractivity contribution in [2.24, 2.45) is 0 Å². The number of likely N-dealkylation sites (tertiary alicyclic amines) is 1. The minimum absolute atomic E-state index is 0.0234. The van der Waals surface area contributed by atoms with Crippen LogP contribution in [-0.4, -0.2) is 49.4 Å². The average molecular weight is 308 g/mol. The van der Waals surface area contributed by atoms with E-state index in [1.165, 1.54) is 0 Å².